The molecule has 0 aromatic carbocycles. The van der Waals surface area contributed by atoms with E-state index in [2.05, 4.69) is 37.3 Å². The van der Waals surface area contributed by atoms with Gasteiger partial charge in [0, 0.05) is 12.7 Å². The largest absolute Gasteiger partial charge is 0.252 e. The van der Waals surface area contributed by atoms with Crippen molar-refractivity contribution >= 4 is 0 Å². The first-order valence-corrected chi connectivity index (χ1v) is 8.36. The van der Waals surface area contributed by atoms with Crippen LogP contribution in [0.15, 0.2) is 6.20 Å². The fourth-order valence-corrected chi connectivity index (χ4v) is 1.88. The summed E-state index contributed by atoms with van der Waals surface area (Å²) in [6, 6.07) is 0. The number of nitrogens with one attached hydrogen (secondary N) is 2. The summed E-state index contributed by atoms with van der Waals surface area (Å²) in [5.74, 6) is 0.745. The molecule has 0 saturated carbocycles. The first-order valence-electron chi connectivity index (χ1n) is 8.36. The summed E-state index contributed by atoms with van der Waals surface area (Å²) < 4.78 is 2.00. The summed E-state index contributed by atoms with van der Waals surface area (Å²) in [4.78, 5) is 0. The van der Waals surface area contributed by atoms with Gasteiger partial charge in [-0.2, -0.15) is 0 Å². The Bertz CT molecular complexity index is 309. The SMILES string of the molecule is CC.CCCCCCCn1cc(CCC(C)C)nn1.N=N. The van der Waals surface area contributed by atoms with Crippen LogP contribution >= 0.6 is 0 Å². The number of unbranched alkanes of at least 4 members (excludes halogenated alkanes) is 4. The van der Waals surface area contributed by atoms with Crippen molar-refractivity contribution in [1.82, 2.24) is 15.0 Å². The second-order valence-electron chi connectivity index (χ2n) is 5.32. The third kappa shape index (κ3) is 13.5. The molecule has 2 N–H and O–H groups in total. The van der Waals surface area contributed by atoms with Crippen molar-refractivity contribution in [3.63, 3.8) is 0 Å². The standard InChI is InChI=1S/C14H27N3.C2H6.H2N2/c1-4-5-6-7-8-11-17-12-14(15-16-17)10-9-13(2)3;2*1-2/h12-13H,4-11H2,1-3H3;1-2H3;1-2H. The van der Waals surface area contributed by atoms with E-state index in [4.69, 9.17) is 11.1 Å². The van der Waals surface area contributed by atoms with Crippen LogP contribution in [0.2, 0.25) is 0 Å². The van der Waals surface area contributed by atoms with E-state index in [1.807, 2.05) is 18.5 Å². The molecule has 124 valence electrons. The summed E-state index contributed by atoms with van der Waals surface area (Å²) in [5, 5.41) is 8.39. The monoisotopic (exact) mass is 297 g/mol. The van der Waals surface area contributed by atoms with Crippen molar-refractivity contribution in [2.24, 2.45) is 5.92 Å². The van der Waals surface area contributed by atoms with Crippen LogP contribution in [0.5, 0.6) is 0 Å². The minimum absolute atomic E-state index is 0.745. The first-order chi connectivity index (χ1) is 10.2. The van der Waals surface area contributed by atoms with Crippen molar-refractivity contribution in [2.75, 3.05) is 0 Å². The van der Waals surface area contributed by atoms with Gasteiger partial charge in [-0.3, -0.25) is 4.68 Å². The molecule has 0 amide bonds. The molecule has 1 rings (SSSR count). The maximum absolute atomic E-state index is 5.00. The molecule has 0 aliphatic heterocycles. The molecule has 0 atom stereocenters. The van der Waals surface area contributed by atoms with Gasteiger partial charge in [-0.15, -0.1) is 5.10 Å². The Kier molecular flexibility index (Phi) is 17.6. The quantitative estimate of drug-likeness (QED) is 0.469. The Hall–Kier alpha value is -1.26. The molecule has 0 fully saturated rings. The molecule has 0 spiro atoms. The Morgan fingerprint density at radius 1 is 1.10 bits per heavy atom. The molecule has 1 heterocycles. The van der Waals surface area contributed by atoms with Gasteiger partial charge in [0.1, 0.15) is 0 Å². The molecule has 0 aliphatic carbocycles. The van der Waals surface area contributed by atoms with Gasteiger partial charge >= 0.3 is 0 Å². The van der Waals surface area contributed by atoms with Crippen LogP contribution in [0.3, 0.4) is 0 Å². The highest BCUT2D eigenvalue weighted by Crippen LogP contribution is 2.07. The number of hydrogen-bond acceptors (Lipinski definition) is 4. The van der Waals surface area contributed by atoms with Crippen LogP contribution in [0.1, 0.15) is 78.8 Å². The van der Waals surface area contributed by atoms with Crippen LogP contribution < -0.4 is 0 Å². The normalized spacial score (nSPS) is 9.62. The Morgan fingerprint density at radius 3 is 2.29 bits per heavy atom. The third-order valence-corrected chi connectivity index (χ3v) is 3.05. The summed E-state index contributed by atoms with van der Waals surface area (Å²) in [7, 11) is 0. The molecule has 1 aromatic rings. The van der Waals surface area contributed by atoms with Crippen molar-refractivity contribution in [1.29, 1.82) is 11.1 Å². The summed E-state index contributed by atoms with van der Waals surface area (Å²) >= 11 is 0. The minimum atomic E-state index is 0.745. The molecule has 5 nitrogen and oxygen atoms in total. The van der Waals surface area contributed by atoms with Crippen molar-refractivity contribution in [2.45, 2.75) is 86.1 Å². The number of hydrogen-bond donors (Lipinski definition) is 2. The van der Waals surface area contributed by atoms with E-state index >= 15 is 0 Å². The van der Waals surface area contributed by atoms with E-state index < -0.39 is 0 Å². The van der Waals surface area contributed by atoms with Crippen LogP contribution in [0, 0.1) is 17.0 Å². The van der Waals surface area contributed by atoms with E-state index in [9.17, 15) is 0 Å². The molecule has 0 aliphatic rings. The van der Waals surface area contributed by atoms with Crippen LogP contribution in [-0.2, 0) is 13.0 Å². The smallest absolute Gasteiger partial charge is 0.0827 e. The number of aromatic nitrogens is 3. The number of nitrogens with zero attached hydrogens (tertiary/aromatic N) is 3. The van der Waals surface area contributed by atoms with Gasteiger partial charge in [0.25, 0.3) is 0 Å². The zero-order valence-corrected chi connectivity index (χ0v) is 14.7. The highest BCUT2D eigenvalue weighted by molar-refractivity contribution is 4.92. The lowest BCUT2D eigenvalue weighted by Crippen LogP contribution is -1.98. The predicted molar refractivity (Wildman–Crippen MR) is 88.7 cm³/mol. The molecular formula is C16H35N5. The zero-order valence-electron chi connectivity index (χ0n) is 14.7. The molecule has 0 unspecified atom stereocenters. The van der Waals surface area contributed by atoms with E-state index in [0.717, 1.165) is 24.6 Å². The average Bonchev–Trinajstić information content (AvgIpc) is 2.97. The van der Waals surface area contributed by atoms with Gasteiger partial charge in [-0.1, -0.05) is 65.5 Å². The predicted octanol–water partition coefficient (Wildman–Crippen LogP) is 5.46. The third-order valence-electron chi connectivity index (χ3n) is 3.05. The molecule has 0 bridgehead atoms. The number of aryl methyl sites for hydroxylation is 2. The van der Waals surface area contributed by atoms with Crippen LogP contribution in [-0.4, -0.2) is 15.0 Å². The van der Waals surface area contributed by atoms with Crippen molar-refractivity contribution in [3.8, 4) is 0 Å². The van der Waals surface area contributed by atoms with E-state index in [1.165, 1.54) is 38.5 Å². The van der Waals surface area contributed by atoms with Gasteiger partial charge < -0.3 is 0 Å². The molecule has 0 radical (unpaired) electrons. The van der Waals surface area contributed by atoms with E-state index in [-0.39, 0.29) is 0 Å². The Labute approximate surface area is 130 Å². The van der Waals surface area contributed by atoms with E-state index in [1.54, 1.807) is 0 Å². The highest BCUT2D eigenvalue weighted by Gasteiger charge is 2.02. The van der Waals surface area contributed by atoms with E-state index in [0.29, 0.717) is 0 Å². The summed E-state index contributed by atoms with van der Waals surface area (Å²) in [5.41, 5.74) is 11.1. The van der Waals surface area contributed by atoms with Crippen molar-refractivity contribution in [3.05, 3.63) is 11.9 Å². The first kappa shape index (κ1) is 22.0. The molecular weight excluding hydrogens is 262 g/mol. The molecule has 0 saturated heterocycles. The van der Waals surface area contributed by atoms with Crippen molar-refractivity contribution < 1.29 is 0 Å². The molecule has 5 heteroatoms. The minimum Gasteiger partial charge on any atom is -0.252 e. The van der Waals surface area contributed by atoms with Gasteiger partial charge in [0.2, 0.25) is 0 Å². The molecule has 21 heavy (non-hydrogen) atoms. The van der Waals surface area contributed by atoms with Gasteiger partial charge in [-0.25, -0.2) is 11.1 Å². The highest BCUT2D eigenvalue weighted by atomic mass is 15.4. The van der Waals surface area contributed by atoms with Gasteiger partial charge in [0.15, 0.2) is 0 Å². The second kappa shape index (κ2) is 16.8. The van der Waals surface area contributed by atoms with Crippen LogP contribution in [0.4, 0.5) is 0 Å². The lowest BCUT2D eigenvalue weighted by atomic mass is 10.1. The molecule has 1 aromatic heterocycles. The second-order valence-corrected chi connectivity index (χ2v) is 5.32. The Balaban J connectivity index is 0. The lowest BCUT2D eigenvalue weighted by Gasteiger charge is -2.01. The fourth-order valence-electron chi connectivity index (χ4n) is 1.88. The maximum atomic E-state index is 5.00. The average molecular weight is 297 g/mol. The van der Waals surface area contributed by atoms with Gasteiger partial charge in [0.05, 0.1) is 5.69 Å². The summed E-state index contributed by atoms with van der Waals surface area (Å²) in [6.45, 7) is 11.8. The van der Waals surface area contributed by atoms with Crippen LogP contribution in [0.25, 0.3) is 0 Å². The zero-order chi connectivity index (χ0) is 16.5. The number of rotatable bonds is 9. The Morgan fingerprint density at radius 2 is 1.71 bits per heavy atom. The summed E-state index contributed by atoms with van der Waals surface area (Å²) in [6.07, 6.45) is 10.9. The van der Waals surface area contributed by atoms with Gasteiger partial charge in [-0.05, 0) is 25.2 Å². The topological polar surface area (TPSA) is 78.4 Å². The lowest BCUT2D eigenvalue weighted by molar-refractivity contribution is 0.521. The maximum Gasteiger partial charge on any atom is 0.0827 e. The fraction of sp³-hybridized carbons (Fsp3) is 0.875.